The van der Waals surface area contributed by atoms with Crippen molar-refractivity contribution in [3.63, 3.8) is 0 Å². The van der Waals surface area contributed by atoms with Gasteiger partial charge in [-0.2, -0.15) is 0 Å². The van der Waals surface area contributed by atoms with Crippen molar-refractivity contribution in [2.24, 2.45) is 5.92 Å². The van der Waals surface area contributed by atoms with Crippen LogP contribution >= 0.6 is 0 Å². The average Bonchev–Trinajstić information content (AvgIpc) is 2.71. The van der Waals surface area contributed by atoms with E-state index in [0.29, 0.717) is 12.0 Å². The number of rotatable bonds is 4. The van der Waals surface area contributed by atoms with Crippen LogP contribution in [0, 0.1) is 12.8 Å². The van der Waals surface area contributed by atoms with E-state index in [0.717, 1.165) is 37.0 Å². The topological polar surface area (TPSA) is 59.1 Å². The Hall–Kier alpha value is -1.36. The van der Waals surface area contributed by atoms with Crippen molar-refractivity contribution >= 4 is 11.6 Å². The van der Waals surface area contributed by atoms with Gasteiger partial charge in [0.15, 0.2) is 0 Å². The second-order valence-corrected chi connectivity index (χ2v) is 4.44. The standard InChI is InChI=1S/C12H20N4O/c1-8-10(4-5-17-8)7-14-12-6-11(13-3)15-9(2)16-12/h6,8,10H,4-5,7H2,1-3H3,(H2,13,14,15,16). The van der Waals surface area contributed by atoms with Gasteiger partial charge < -0.3 is 15.4 Å². The quantitative estimate of drug-likeness (QED) is 0.832. The van der Waals surface area contributed by atoms with Crippen molar-refractivity contribution in [3.8, 4) is 0 Å². The van der Waals surface area contributed by atoms with E-state index in [9.17, 15) is 0 Å². The minimum atomic E-state index is 0.342. The molecule has 5 nitrogen and oxygen atoms in total. The number of aryl methyl sites for hydroxylation is 1. The molecule has 2 unspecified atom stereocenters. The maximum absolute atomic E-state index is 5.54. The van der Waals surface area contributed by atoms with Gasteiger partial charge in [0.1, 0.15) is 17.5 Å². The van der Waals surface area contributed by atoms with Gasteiger partial charge in [0.2, 0.25) is 0 Å². The highest BCUT2D eigenvalue weighted by Crippen LogP contribution is 2.21. The molecule has 0 aliphatic carbocycles. The minimum Gasteiger partial charge on any atom is -0.378 e. The molecule has 1 fully saturated rings. The van der Waals surface area contributed by atoms with Crippen LogP contribution in [0.4, 0.5) is 11.6 Å². The van der Waals surface area contributed by atoms with Gasteiger partial charge in [0.05, 0.1) is 6.10 Å². The van der Waals surface area contributed by atoms with Crippen molar-refractivity contribution in [3.05, 3.63) is 11.9 Å². The van der Waals surface area contributed by atoms with Crippen LogP contribution in [0.5, 0.6) is 0 Å². The Morgan fingerprint density at radius 2 is 2.18 bits per heavy atom. The summed E-state index contributed by atoms with van der Waals surface area (Å²) >= 11 is 0. The molecule has 2 atom stereocenters. The fourth-order valence-corrected chi connectivity index (χ4v) is 2.07. The van der Waals surface area contributed by atoms with Gasteiger partial charge in [-0.3, -0.25) is 0 Å². The number of nitrogens with zero attached hydrogens (tertiary/aromatic N) is 2. The third-order valence-electron chi connectivity index (χ3n) is 3.17. The van der Waals surface area contributed by atoms with Gasteiger partial charge in [-0.25, -0.2) is 9.97 Å². The lowest BCUT2D eigenvalue weighted by atomic mass is 10.0. The van der Waals surface area contributed by atoms with E-state index in [1.165, 1.54) is 0 Å². The van der Waals surface area contributed by atoms with Gasteiger partial charge >= 0.3 is 0 Å². The first-order valence-electron chi connectivity index (χ1n) is 6.08. The molecule has 0 amide bonds. The molecule has 0 aromatic carbocycles. The zero-order valence-corrected chi connectivity index (χ0v) is 10.7. The Kier molecular flexibility index (Phi) is 3.78. The monoisotopic (exact) mass is 236 g/mol. The molecule has 0 spiro atoms. The molecule has 1 aliphatic rings. The summed E-state index contributed by atoms with van der Waals surface area (Å²) in [5.41, 5.74) is 0. The Morgan fingerprint density at radius 3 is 2.82 bits per heavy atom. The first kappa shape index (κ1) is 12.1. The Labute approximate surface area is 102 Å². The molecule has 2 heterocycles. The number of hydrogen-bond acceptors (Lipinski definition) is 5. The van der Waals surface area contributed by atoms with E-state index in [2.05, 4.69) is 27.5 Å². The zero-order valence-electron chi connectivity index (χ0n) is 10.7. The van der Waals surface area contributed by atoms with Crippen LogP contribution < -0.4 is 10.6 Å². The van der Waals surface area contributed by atoms with Crippen molar-refractivity contribution < 1.29 is 4.74 Å². The van der Waals surface area contributed by atoms with E-state index in [-0.39, 0.29) is 0 Å². The summed E-state index contributed by atoms with van der Waals surface area (Å²) in [7, 11) is 1.86. The fraction of sp³-hybridized carbons (Fsp3) is 0.667. The van der Waals surface area contributed by atoms with Crippen LogP contribution in [0.3, 0.4) is 0 Å². The molecule has 1 aromatic rings. The molecule has 2 N–H and O–H groups in total. The first-order chi connectivity index (χ1) is 8.19. The summed E-state index contributed by atoms with van der Waals surface area (Å²) < 4.78 is 5.54. The lowest BCUT2D eigenvalue weighted by Gasteiger charge is -2.15. The van der Waals surface area contributed by atoms with Crippen LogP contribution in [-0.4, -0.2) is 36.3 Å². The van der Waals surface area contributed by atoms with E-state index in [1.807, 2.05) is 20.0 Å². The van der Waals surface area contributed by atoms with Gasteiger partial charge in [-0.05, 0) is 20.3 Å². The molecule has 94 valence electrons. The lowest BCUT2D eigenvalue weighted by Crippen LogP contribution is -2.21. The SMILES string of the molecule is CNc1cc(NCC2CCOC2C)nc(C)n1. The molecule has 1 aliphatic heterocycles. The molecule has 0 radical (unpaired) electrons. The number of ether oxygens (including phenoxy) is 1. The summed E-state index contributed by atoms with van der Waals surface area (Å²) in [5.74, 6) is 3.06. The Balaban J connectivity index is 1.96. The number of nitrogens with one attached hydrogen (secondary N) is 2. The molecule has 0 bridgehead atoms. The normalized spacial score (nSPS) is 23.7. The smallest absolute Gasteiger partial charge is 0.131 e. The highest BCUT2D eigenvalue weighted by Gasteiger charge is 2.23. The summed E-state index contributed by atoms with van der Waals surface area (Å²) in [6, 6.07) is 1.92. The molecule has 5 heteroatoms. The van der Waals surface area contributed by atoms with Crippen LogP contribution in [0.2, 0.25) is 0 Å². The summed E-state index contributed by atoms with van der Waals surface area (Å²) in [5, 5.41) is 6.39. The van der Waals surface area contributed by atoms with Gasteiger partial charge in [0, 0.05) is 32.2 Å². The van der Waals surface area contributed by atoms with E-state index in [1.54, 1.807) is 0 Å². The van der Waals surface area contributed by atoms with Crippen LogP contribution in [0.15, 0.2) is 6.07 Å². The second kappa shape index (κ2) is 5.31. The van der Waals surface area contributed by atoms with Crippen molar-refractivity contribution in [1.29, 1.82) is 0 Å². The van der Waals surface area contributed by atoms with Crippen molar-refractivity contribution in [1.82, 2.24) is 9.97 Å². The molecule has 1 aromatic heterocycles. The molecule has 1 saturated heterocycles. The molecule has 2 rings (SSSR count). The third-order valence-corrected chi connectivity index (χ3v) is 3.17. The molecule has 17 heavy (non-hydrogen) atoms. The fourth-order valence-electron chi connectivity index (χ4n) is 2.07. The largest absolute Gasteiger partial charge is 0.378 e. The highest BCUT2D eigenvalue weighted by atomic mass is 16.5. The number of aromatic nitrogens is 2. The Morgan fingerprint density at radius 1 is 1.41 bits per heavy atom. The van der Waals surface area contributed by atoms with Gasteiger partial charge in [-0.15, -0.1) is 0 Å². The van der Waals surface area contributed by atoms with E-state index >= 15 is 0 Å². The van der Waals surface area contributed by atoms with E-state index in [4.69, 9.17) is 4.74 Å². The predicted octanol–water partition coefficient (Wildman–Crippen LogP) is 1.66. The Bertz CT molecular complexity index is 383. The van der Waals surface area contributed by atoms with E-state index < -0.39 is 0 Å². The van der Waals surface area contributed by atoms with Crippen molar-refractivity contribution in [2.45, 2.75) is 26.4 Å². The minimum absolute atomic E-state index is 0.342. The summed E-state index contributed by atoms with van der Waals surface area (Å²) in [6.07, 6.45) is 1.46. The van der Waals surface area contributed by atoms with Crippen LogP contribution in [0.25, 0.3) is 0 Å². The zero-order chi connectivity index (χ0) is 12.3. The van der Waals surface area contributed by atoms with Crippen LogP contribution in [-0.2, 0) is 4.74 Å². The van der Waals surface area contributed by atoms with Crippen LogP contribution in [0.1, 0.15) is 19.2 Å². The maximum atomic E-state index is 5.54. The maximum Gasteiger partial charge on any atom is 0.131 e. The lowest BCUT2D eigenvalue weighted by molar-refractivity contribution is 0.108. The third kappa shape index (κ3) is 3.06. The molecular weight excluding hydrogens is 216 g/mol. The second-order valence-electron chi connectivity index (χ2n) is 4.44. The number of hydrogen-bond donors (Lipinski definition) is 2. The highest BCUT2D eigenvalue weighted by molar-refractivity contribution is 5.47. The van der Waals surface area contributed by atoms with Crippen molar-refractivity contribution in [2.75, 3.05) is 30.8 Å². The average molecular weight is 236 g/mol. The summed E-state index contributed by atoms with van der Waals surface area (Å²) in [4.78, 5) is 8.62. The first-order valence-corrected chi connectivity index (χ1v) is 6.08. The molecule has 0 saturated carbocycles. The number of anilines is 2. The molecular formula is C12H20N4O. The predicted molar refractivity (Wildman–Crippen MR) is 68.3 cm³/mol. The van der Waals surface area contributed by atoms with Gasteiger partial charge in [-0.1, -0.05) is 0 Å². The summed E-state index contributed by atoms with van der Waals surface area (Å²) in [6.45, 7) is 5.80. The van der Waals surface area contributed by atoms with Gasteiger partial charge in [0.25, 0.3) is 0 Å².